The molecule has 0 aromatic heterocycles. The third-order valence-electron chi connectivity index (χ3n) is 7.99. The lowest BCUT2D eigenvalue weighted by atomic mass is 9.96. The number of hydrogen-bond donors (Lipinski definition) is 0. The highest BCUT2D eigenvalue weighted by Gasteiger charge is 2.39. The fourth-order valence-electron chi connectivity index (χ4n) is 4.49. The van der Waals surface area contributed by atoms with E-state index in [-0.39, 0.29) is 29.0 Å². The van der Waals surface area contributed by atoms with Crippen LogP contribution in [0.5, 0.6) is 0 Å². The van der Waals surface area contributed by atoms with E-state index < -0.39 is 8.32 Å². The standard InChI is InChI=1S/C32H58O5SSi/c1-10-12-17-25(3)24-27(37-39(8,9)32(4,5)6)21-19-26-20-22-28(36-30(34)16-11-2)31(26)38-23-15-13-14-18-29(33)35-7/h19,21,25-27H,10-18,20,22-24H2,1-9H3/t25-,26+,27-/m1/s1. The number of ether oxygens (including phenoxy) is 2. The predicted octanol–water partition coefficient (Wildman–Crippen LogP) is 9.58. The summed E-state index contributed by atoms with van der Waals surface area (Å²) in [7, 11) is -0.482. The van der Waals surface area contributed by atoms with Gasteiger partial charge in [-0.15, -0.1) is 11.8 Å². The van der Waals surface area contributed by atoms with Crippen LogP contribution < -0.4 is 0 Å². The molecule has 39 heavy (non-hydrogen) atoms. The van der Waals surface area contributed by atoms with Crippen molar-refractivity contribution in [1.29, 1.82) is 0 Å². The van der Waals surface area contributed by atoms with E-state index in [2.05, 4.69) is 59.9 Å². The van der Waals surface area contributed by atoms with Crippen molar-refractivity contribution in [3.8, 4) is 0 Å². The van der Waals surface area contributed by atoms with E-state index in [9.17, 15) is 9.59 Å². The van der Waals surface area contributed by atoms with Crippen LogP contribution in [0.2, 0.25) is 18.1 Å². The molecule has 0 amide bonds. The van der Waals surface area contributed by atoms with Gasteiger partial charge in [0.05, 0.1) is 13.2 Å². The molecule has 7 heteroatoms. The molecule has 0 saturated carbocycles. The van der Waals surface area contributed by atoms with Crippen molar-refractivity contribution in [2.45, 2.75) is 143 Å². The number of carbonyl (C=O) groups is 2. The van der Waals surface area contributed by atoms with E-state index in [0.717, 1.165) is 56.5 Å². The molecule has 0 unspecified atom stereocenters. The number of rotatable bonds is 19. The second-order valence-corrected chi connectivity index (χ2v) is 18.6. The first-order chi connectivity index (χ1) is 18.3. The van der Waals surface area contributed by atoms with Crippen LogP contribution in [0.4, 0.5) is 0 Å². The van der Waals surface area contributed by atoms with E-state index in [1.54, 1.807) is 0 Å². The quantitative estimate of drug-likeness (QED) is 0.0654. The zero-order chi connectivity index (χ0) is 29.5. The first-order valence-corrected chi connectivity index (χ1v) is 19.2. The lowest BCUT2D eigenvalue weighted by Gasteiger charge is -2.39. The molecule has 1 rings (SSSR count). The molecule has 5 nitrogen and oxygen atoms in total. The van der Waals surface area contributed by atoms with E-state index in [1.807, 2.05) is 18.7 Å². The summed E-state index contributed by atoms with van der Waals surface area (Å²) in [6, 6.07) is 0. The van der Waals surface area contributed by atoms with Gasteiger partial charge in [0.15, 0.2) is 8.32 Å². The first-order valence-electron chi connectivity index (χ1n) is 15.3. The molecule has 0 bridgehead atoms. The molecule has 1 aliphatic carbocycles. The topological polar surface area (TPSA) is 61.8 Å². The Labute approximate surface area is 245 Å². The van der Waals surface area contributed by atoms with Crippen LogP contribution in [0.3, 0.4) is 0 Å². The monoisotopic (exact) mass is 582 g/mol. The van der Waals surface area contributed by atoms with Crippen LogP contribution in [0.25, 0.3) is 0 Å². The smallest absolute Gasteiger partial charge is 0.310 e. The van der Waals surface area contributed by atoms with Gasteiger partial charge in [-0.2, -0.15) is 0 Å². The summed E-state index contributed by atoms with van der Waals surface area (Å²) < 4.78 is 17.5. The van der Waals surface area contributed by atoms with Crippen LogP contribution in [0.1, 0.15) is 119 Å². The Kier molecular flexibility index (Phi) is 17.0. The Hall–Kier alpha value is -1.05. The van der Waals surface area contributed by atoms with Crippen molar-refractivity contribution in [3.63, 3.8) is 0 Å². The molecule has 0 fully saturated rings. The molecule has 0 N–H and O–H groups in total. The number of thioether (sulfide) groups is 1. The highest BCUT2D eigenvalue weighted by Crippen LogP contribution is 2.42. The molecule has 0 radical (unpaired) electrons. The maximum absolute atomic E-state index is 12.3. The molecule has 0 aliphatic heterocycles. The van der Waals surface area contributed by atoms with Gasteiger partial charge in [-0.05, 0) is 61.9 Å². The second kappa shape index (κ2) is 18.4. The highest BCUT2D eigenvalue weighted by molar-refractivity contribution is 8.03. The third-order valence-corrected chi connectivity index (χ3v) is 13.8. The minimum absolute atomic E-state index is 0.106. The fraction of sp³-hybridized carbons (Fsp3) is 0.812. The number of allylic oxidation sites excluding steroid dienone is 3. The van der Waals surface area contributed by atoms with Gasteiger partial charge in [-0.3, -0.25) is 9.59 Å². The normalized spacial score (nSPS) is 18.0. The van der Waals surface area contributed by atoms with Crippen molar-refractivity contribution in [2.75, 3.05) is 12.9 Å². The first kappa shape index (κ1) is 36.0. The Morgan fingerprint density at radius 3 is 2.38 bits per heavy atom. The van der Waals surface area contributed by atoms with Gasteiger partial charge in [0.1, 0.15) is 5.76 Å². The van der Waals surface area contributed by atoms with Crippen LogP contribution in [0.15, 0.2) is 22.8 Å². The summed E-state index contributed by atoms with van der Waals surface area (Å²) in [5, 5.41) is 0.161. The van der Waals surface area contributed by atoms with Crippen LogP contribution in [-0.4, -0.2) is 39.2 Å². The number of hydrogen-bond acceptors (Lipinski definition) is 6. The maximum atomic E-state index is 12.3. The Bertz CT molecular complexity index is 799. The minimum atomic E-state index is -1.92. The van der Waals surface area contributed by atoms with Gasteiger partial charge in [0, 0.05) is 30.1 Å². The number of unbranched alkanes of at least 4 members (excludes halogenated alkanes) is 3. The number of carbonyl (C=O) groups excluding carboxylic acids is 2. The van der Waals surface area contributed by atoms with E-state index in [4.69, 9.17) is 13.9 Å². The summed E-state index contributed by atoms with van der Waals surface area (Å²) in [4.78, 5) is 24.9. The highest BCUT2D eigenvalue weighted by atomic mass is 32.2. The average Bonchev–Trinajstić information content (AvgIpc) is 3.23. The molecule has 0 aromatic rings. The van der Waals surface area contributed by atoms with Gasteiger partial charge in [0.2, 0.25) is 0 Å². The largest absolute Gasteiger partial charge is 0.469 e. The number of esters is 2. The van der Waals surface area contributed by atoms with Crippen molar-refractivity contribution < 1.29 is 23.5 Å². The van der Waals surface area contributed by atoms with Crippen LogP contribution in [-0.2, 0) is 23.5 Å². The van der Waals surface area contributed by atoms with Gasteiger partial charge >= 0.3 is 11.9 Å². The second-order valence-electron chi connectivity index (χ2n) is 12.7. The van der Waals surface area contributed by atoms with E-state index >= 15 is 0 Å². The molecule has 0 spiro atoms. The van der Waals surface area contributed by atoms with Crippen LogP contribution >= 0.6 is 11.8 Å². The number of methoxy groups -OCH3 is 1. The molecule has 0 heterocycles. The zero-order valence-corrected chi connectivity index (χ0v) is 28.3. The van der Waals surface area contributed by atoms with Crippen molar-refractivity contribution in [2.24, 2.45) is 11.8 Å². The lowest BCUT2D eigenvalue weighted by Crippen LogP contribution is -2.43. The van der Waals surface area contributed by atoms with Gasteiger partial charge in [0.25, 0.3) is 0 Å². The molecule has 3 atom stereocenters. The predicted molar refractivity (Wildman–Crippen MR) is 168 cm³/mol. The zero-order valence-electron chi connectivity index (χ0n) is 26.5. The van der Waals surface area contributed by atoms with Crippen LogP contribution in [0, 0.1) is 11.8 Å². The fourth-order valence-corrected chi connectivity index (χ4v) is 7.06. The minimum Gasteiger partial charge on any atom is -0.469 e. The van der Waals surface area contributed by atoms with Gasteiger partial charge in [-0.25, -0.2) is 0 Å². The van der Waals surface area contributed by atoms with Gasteiger partial charge < -0.3 is 13.9 Å². The summed E-state index contributed by atoms with van der Waals surface area (Å²) in [6.07, 6.45) is 15.9. The molecule has 1 aliphatic rings. The summed E-state index contributed by atoms with van der Waals surface area (Å²) in [5.74, 6) is 2.42. The Balaban J connectivity index is 3.02. The molecular weight excluding hydrogens is 525 g/mol. The van der Waals surface area contributed by atoms with Crippen molar-refractivity contribution in [1.82, 2.24) is 0 Å². The SMILES string of the molecule is CCCC[C@@H](C)C[C@@H](C=C[C@H]1CCC(OC(=O)CCC)=C1SCCCCCC(=O)OC)O[Si](C)(C)C(C)(C)C. The summed E-state index contributed by atoms with van der Waals surface area (Å²) >= 11 is 1.82. The van der Waals surface area contributed by atoms with Crippen molar-refractivity contribution >= 4 is 32.0 Å². The van der Waals surface area contributed by atoms with E-state index in [0.29, 0.717) is 18.8 Å². The lowest BCUT2D eigenvalue weighted by molar-refractivity contribution is -0.141. The molecule has 226 valence electrons. The summed E-state index contributed by atoms with van der Waals surface area (Å²) in [5.41, 5.74) is 0. The third kappa shape index (κ3) is 13.9. The summed E-state index contributed by atoms with van der Waals surface area (Å²) in [6.45, 7) is 18.2. The molecule has 0 saturated heterocycles. The maximum Gasteiger partial charge on any atom is 0.310 e. The Morgan fingerprint density at radius 1 is 1.05 bits per heavy atom. The van der Waals surface area contributed by atoms with E-state index in [1.165, 1.54) is 31.3 Å². The van der Waals surface area contributed by atoms with Gasteiger partial charge in [-0.1, -0.05) is 79.4 Å². The Morgan fingerprint density at radius 2 is 1.77 bits per heavy atom. The van der Waals surface area contributed by atoms with Crippen molar-refractivity contribution in [3.05, 3.63) is 22.8 Å². The molecule has 0 aromatic carbocycles. The molecular formula is C32H58O5SSi. The average molecular weight is 583 g/mol.